The van der Waals surface area contributed by atoms with Crippen LogP contribution in [0.5, 0.6) is 5.75 Å². The molecule has 4 heteroatoms. The molecule has 1 aliphatic rings. The number of phenolic OH excluding ortho intramolecular Hbond substituents is 1. The fourth-order valence-electron chi connectivity index (χ4n) is 2.00. The second-order valence-electron chi connectivity index (χ2n) is 4.25. The Labute approximate surface area is 98.7 Å². The van der Waals surface area contributed by atoms with Gasteiger partial charge in [0.25, 0.3) is 0 Å². The van der Waals surface area contributed by atoms with Crippen LogP contribution < -0.4 is 0 Å². The minimum Gasteiger partial charge on any atom is -0.506 e. The highest BCUT2D eigenvalue weighted by Crippen LogP contribution is 2.45. The van der Waals surface area contributed by atoms with E-state index in [1.807, 2.05) is 0 Å². The van der Waals surface area contributed by atoms with Gasteiger partial charge in [-0.25, -0.2) is 0 Å². The number of aliphatic carboxylic acids is 1. The maximum absolute atomic E-state index is 10.8. The maximum atomic E-state index is 10.8. The quantitative estimate of drug-likeness (QED) is 0.851. The van der Waals surface area contributed by atoms with E-state index in [0.29, 0.717) is 5.92 Å². The van der Waals surface area contributed by atoms with Gasteiger partial charge >= 0.3 is 5.97 Å². The van der Waals surface area contributed by atoms with E-state index in [9.17, 15) is 9.90 Å². The molecule has 86 valence electrons. The third kappa shape index (κ3) is 2.47. The second kappa shape index (κ2) is 4.34. The van der Waals surface area contributed by atoms with Crippen LogP contribution in [0.3, 0.4) is 0 Å². The molecule has 0 radical (unpaired) electrons. The van der Waals surface area contributed by atoms with E-state index < -0.39 is 5.97 Å². The third-order valence-corrected chi connectivity index (χ3v) is 3.29. The van der Waals surface area contributed by atoms with Gasteiger partial charge in [0.15, 0.2) is 0 Å². The van der Waals surface area contributed by atoms with Gasteiger partial charge in [0.1, 0.15) is 5.75 Å². The summed E-state index contributed by atoms with van der Waals surface area (Å²) in [6.07, 6.45) is 2.29. The predicted octanol–water partition coefficient (Wildman–Crippen LogP) is 3.01. The molecule has 0 amide bonds. The number of phenols is 1. The van der Waals surface area contributed by atoms with Crippen LogP contribution in [0.4, 0.5) is 0 Å². The van der Waals surface area contributed by atoms with Gasteiger partial charge in [-0.3, -0.25) is 4.79 Å². The van der Waals surface area contributed by atoms with Crippen molar-refractivity contribution in [1.29, 1.82) is 0 Å². The van der Waals surface area contributed by atoms with E-state index in [1.54, 1.807) is 12.1 Å². The van der Waals surface area contributed by atoms with Crippen LogP contribution in [-0.2, 0) is 4.79 Å². The molecule has 1 fully saturated rings. The lowest BCUT2D eigenvalue weighted by Crippen LogP contribution is -2.08. The first-order valence-electron chi connectivity index (χ1n) is 5.28. The molecule has 1 atom stereocenters. The van der Waals surface area contributed by atoms with Crippen LogP contribution in [0.25, 0.3) is 0 Å². The van der Waals surface area contributed by atoms with Crippen LogP contribution in [0.2, 0.25) is 5.02 Å². The van der Waals surface area contributed by atoms with Crippen molar-refractivity contribution in [3.8, 4) is 5.75 Å². The van der Waals surface area contributed by atoms with E-state index in [-0.39, 0.29) is 23.1 Å². The zero-order valence-electron chi connectivity index (χ0n) is 8.69. The Kier molecular flexibility index (Phi) is 3.06. The van der Waals surface area contributed by atoms with Gasteiger partial charge in [0.05, 0.1) is 11.4 Å². The van der Waals surface area contributed by atoms with Gasteiger partial charge in [-0.1, -0.05) is 17.7 Å². The second-order valence-corrected chi connectivity index (χ2v) is 4.66. The minimum atomic E-state index is -0.791. The van der Waals surface area contributed by atoms with Crippen molar-refractivity contribution < 1.29 is 15.0 Å². The van der Waals surface area contributed by atoms with Crippen molar-refractivity contribution in [2.75, 3.05) is 0 Å². The molecule has 2 rings (SSSR count). The molecule has 1 aromatic carbocycles. The molecule has 1 aliphatic carbocycles. The highest BCUT2D eigenvalue weighted by atomic mass is 35.5. The Bertz CT molecular complexity index is 413. The standard InChI is InChI=1S/C12H13ClO3/c13-10-5-8(3-4-11(10)14)9(6-12(15)16)7-1-2-7/h3-5,7,9,14H,1-2,6H2,(H,15,16). The first-order chi connectivity index (χ1) is 7.58. The summed E-state index contributed by atoms with van der Waals surface area (Å²) in [5.74, 6) is -0.274. The van der Waals surface area contributed by atoms with Gasteiger partial charge in [-0.15, -0.1) is 0 Å². The monoisotopic (exact) mass is 240 g/mol. The number of rotatable bonds is 4. The fraction of sp³-hybridized carbons (Fsp3) is 0.417. The number of halogens is 1. The lowest BCUT2D eigenvalue weighted by Gasteiger charge is -2.14. The minimum absolute atomic E-state index is 0.0237. The van der Waals surface area contributed by atoms with Gasteiger partial charge in [0.2, 0.25) is 0 Å². The molecular weight excluding hydrogens is 228 g/mol. The largest absolute Gasteiger partial charge is 0.506 e. The molecule has 1 unspecified atom stereocenters. The number of carboxylic acids is 1. The molecule has 0 saturated heterocycles. The molecular formula is C12H13ClO3. The molecule has 16 heavy (non-hydrogen) atoms. The van der Waals surface area contributed by atoms with Crippen LogP contribution in [0, 0.1) is 5.92 Å². The van der Waals surface area contributed by atoms with Crippen molar-refractivity contribution in [3.63, 3.8) is 0 Å². The lowest BCUT2D eigenvalue weighted by atomic mass is 9.91. The Hall–Kier alpha value is -1.22. The molecule has 0 spiro atoms. The van der Waals surface area contributed by atoms with Gasteiger partial charge in [-0.05, 0) is 42.4 Å². The highest BCUT2D eigenvalue weighted by molar-refractivity contribution is 6.32. The Morgan fingerprint density at radius 1 is 1.50 bits per heavy atom. The molecule has 1 saturated carbocycles. The van der Waals surface area contributed by atoms with Crippen molar-refractivity contribution in [1.82, 2.24) is 0 Å². The van der Waals surface area contributed by atoms with Gasteiger partial charge in [0, 0.05) is 0 Å². The smallest absolute Gasteiger partial charge is 0.303 e. The van der Waals surface area contributed by atoms with Crippen molar-refractivity contribution in [3.05, 3.63) is 28.8 Å². The number of hydrogen-bond acceptors (Lipinski definition) is 2. The Morgan fingerprint density at radius 3 is 2.69 bits per heavy atom. The summed E-state index contributed by atoms with van der Waals surface area (Å²) < 4.78 is 0. The van der Waals surface area contributed by atoms with Crippen molar-refractivity contribution >= 4 is 17.6 Å². The van der Waals surface area contributed by atoms with E-state index in [4.69, 9.17) is 16.7 Å². The Morgan fingerprint density at radius 2 is 2.19 bits per heavy atom. The fourth-order valence-corrected chi connectivity index (χ4v) is 2.19. The third-order valence-electron chi connectivity index (χ3n) is 2.99. The average Bonchev–Trinajstić information content (AvgIpc) is 3.02. The first kappa shape index (κ1) is 11.3. The molecule has 3 nitrogen and oxygen atoms in total. The van der Waals surface area contributed by atoms with Crippen LogP contribution in [0.1, 0.15) is 30.7 Å². The van der Waals surface area contributed by atoms with E-state index in [1.165, 1.54) is 6.07 Å². The summed E-state index contributed by atoms with van der Waals surface area (Å²) in [6.45, 7) is 0. The topological polar surface area (TPSA) is 57.5 Å². The highest BCUT2D eigenvalue weighted by Gasteiger charge is 2.33. The molecule has 0 bridgehead atoms. The maximum Gasteiger partial charge on any atom is 0.303 e. The summed E-state index contributed by atoms with van der Waals surface area (Å²) in [4.78, 5) is 10.8. The first-order valence-corrected chi connectivity index (χ1v) is 5.66. The normalized spacial score (nSPS) is 17.1. The predicted molar refractivity (Wildman–Crippen MR) is 60.8 cm³/mol. The SMILES string of the molecule is O=C(O)CC(c1ccc(O)c(Cl)c1)C1CC1. The number of benzene rings is 1. The summed E-state index contributed by atoms with van der Waals surface area (Å²) in [6, 6.07) is 4.95. The number of carboxylic acid groups (broad SMARTS) is 1. The van der Waals surface area contributed by atoms with E-state index in [0.717, 1.165) is 18.4 Å². The number of hydrogen-bond donors (Lipinski definition) is 2. The lowest BCUT2D eigenvalue weighted by molar-refractivity contribution is -0.137. The van der Waals surface area contributed by atoms with Crippen molar-refractivity contribution in [2.24, 2.45) is 5.92 Å². The van der Waals surface area contributed by atoms with Crippen LogP contribution in [-0.4, -0.2) is 16.2 Å². The van der Waals surface area contributed by atoms with Gasteiger partial charge in [-0.2, -0.15) is 0 Å². The van der Waals surface area contributed by atoms with Gasteiger partial charge < -0.3 is 10.2 Å². The molecule has 2 N–H and O–H groups in total. The zero-order valence-corrected chi connectivity index (χ0v) is 9.44. The average molecular weight is 241 g/mol. The van der Waals surface area contributed by atoms with E-state index in [2.05, 4.69) is 0 Å². The molecule has 0 aliphatic heterocycles. The van der Waals surface area contributed by atoms with Crippen LogP contribution in [0.15, 0.2) is 18.2 Å². The van der Waals surface area contributed by atoms with Crippen LogP contribution >= 0.6 is 11.6 Å². The zero-order chi connectivity index (χ0) is 11.7. The van der Waals surface area contributed by atoms with E-state index >= 15 is 0 Å². The summed E-state index contributed by atoms with van der Waals surface area (Å²) >= 11 is 5.82. The number of carbonyl (C=O) groups is 1. The molecule has 1 aromatic rings. The number of aromatic hydroxyl groups is 1. The van der Waals surface area contributed by atoms with Crippen molar-refractivity contribution in [2.45, 2.75) is 25.2 Å². The summed E-state index contributed by atoms with van der Waals surface area (Å²) in [5.41, 5.74) is 0.910. The molecule has 0 heterocycles. The summed E-state index contributed by atoms with van der Waals surface area (Å²) in [5, 5.41) is 18.5. The Balaban J connectivity index is 2.24. The summed E-state index contributed by atoms with van der Waals surface area (Å²) in [7, 11) is 0. The molecule has 0 aromatic heterocycles.